The van der Waals surface area contributed by atoms with Gasteiger partial charge in [-0.3, -0.25) is 25.5 Å². The molecule has 0 spiro atoms. The van der Waals surface area contributed by atoms with Gasteiger partial charge in [0.2, 0.25) is 5.91 Å². The summed E-state index contributed by atoms with van der Waals surface area (Å²) in [5.74, 6) is -0.0269. The average Bonchev–Trinajstić information content (AvgIpc) is 2.98. The Morgan fingerprint density at radius 3 is 2.62 bits per heavy atom. The van der Waals surface area contributed by atoms with Crippen LogP contribution in [0.4, 0.5) is 5.82 Å². The molecule has 0 aliphatic carbocycles. The van der Waals surface area contributed by atoms with Gasteiger partial charge in [0.1, 0.15) is 11.9 Å². The number of rotatable bonds is 6. The first-order valence-electron chi connectivity index (χ1n) is 6.51. The highest BCUT2D eigenvalue weighted by Crippen LogP contribution is 2.04. The molecular weight excluding hydrogens is 270 g/mol. The number of H-pyrrole nitrogens is 1. The molecule has 110 valence electrons. The van der Waals surface area contributed by atoms with E-state index in [9.17, 15) is 9.59 Å². The molecule has 1 aromatic carbocycles. The molecule has 0 aliphatic rings. The van der Waals surface area contributed by atoms with Crippen molar-refractivity contribution in [3.63, 3.8) is 0 Å². The van der Waals surface area contributed by atoms with Gasteiger partial charge in [0.15, 0.2) is 0 Å². The first-order valence-corrected chi connectivity index (χ1v) is 6.51. The molecule has 1 atom stereocenters. The Morgan fingerprint density at radius 2 is 2.00 bits per heavy atom. The molecule has 2 aromatic rings. The number of nitrogens with zero attached hydrogens (tertiary/aromatic N) is 1. The lowest BCUT2D eigenvalue weighted by molar-refractivity contribution is -0.127. The summed E-state index contributed by atoms with van der Waals surface area (Å²) in [6.45, 7) is 1.38. The van der Waals surface area contributed by atoms with E-state index in [1.807, 2.05) is 30.3 Å². The summed E-state index contributed by atoms with van der Waals surface area (Å²) < 4.78 is 0. The largest absolute Gasteiger partial charge is 0.344 e. The average molecular weight is 287 g/mol. The van der Waals surface area contributed by atoms with Crippen LogP contribution in [0.2, 0.25) is 0 Å². The number of amides is 2. The fourth-order valence-electron chi connectivity index (χ4n) is 1.85. The zero-order chi connectivity index (χ0) is 15.1. The zero-order valence-corrected chi connectivity index (χ0v) is 11.6. The van der Waals surface area contributed by atoms with E-state index in [4.69, 9.17) is 0 Å². The second-order valence-corrected chi connectivity index (χ2v) is 4.53. The van der Waals surface area contributed by atoms with Crippen LogP contribution in [-0.4, -0.2) is 28.1 Å². The minimum atomic E-state index is -0.652. The summed E-state index contributed by atoms with van der Waals surface area (Å²) in [7, 11) is 0. The summed E-state index contributed by atoms with van der Waals surface area (Å²) in [5.41, 5.74) is 6.20. The SMILES string of the molecule is CC(=O)NC(Cc1ccccc1)C(=O)NNc1ccn[nH]1. The number of carbonyl (C=O) groups is 2. The lowest BCUT2D eigenvalue weighted by Crippen LogP contribution is -2.49. The van der Waals surface area contributed by atoms with E-state index in [0.29, 0.717) is 12.2 Å². The van der Waals surface area contributed by atoms with Gasteiger partial charge in [-0.25, -0.2) is 0 Å². The topological polar surface area (TPSA) is 98.9 Å². The minimum Gasteiger partial charge on any atom is -0.344 e. The maximum atomic E-state index is 12.2. The predicted octanol–water partition coefficient (Wildman–Crippen LogP) is 0.600. The molecule has 1 heterocycles. The molecule has 0 bridgehead atoms. The number of benzene rings is 1. The van der Waals surface area contributed by atoms with Crippen molar-refractivity contribution in [2.24, 2.45) is 0 Å². The first kappa shape index (κ1) is 14.6. The fourth-order valence-corrected chi connectivity index (χ4v) is 1.85. The van der Waals surface area contributed by atoms with Gasteiger partial charge in [-0.05, 0) is 5.56 Å². The van der Waals surface area contributed by atoms with Crippen LogP contribution >= 0.6 is 0 Å². The second kappa shape index (κ2) is 7.09. The van der Waals surface area contributed by atoms with Crippen LogP contribution in [0.15, 0.2) is 42.6 Å². The molecule has 2 amide bonds. The van der Waals surface area contributed by atoms with Crippen LogP contribution in [0.1, 0.15) is 12.5 Å². The standard InChI is InChI=1S/C14H17N5O2/c1-10(20)16-12(9-11-5-3-2-4-6-11)14(21)19-18-13-7-8-15-17-13/h2-8,12H,9H2,1H3,(H,16,20)(H,19,21)(H2,15,17,18). The molecular formula is C14H17N5O2. The van der Waals surface area contributed by atoms with Crippen molar-refractivity contribution in [2.45, 2.75) is 19.4 Å². The van der Waals surface area contributed by atoms with Crippen LogP contribution in [0.5, 0.6) is 0 Å². The molecule has 0 saturated heterocycles. The van der Waals surface area contributed by atoms with E-state index < -0.39 is 6.04 Å². The Morgan fingerprint density at radius 1 is 1.24 bits per heavy atom. The molecule has 0 saturated carbocycles. The molecule has 21 heavy (non-hydrogen) atoms. The van der Waals surface area contributed by atoms with E-state index in [1.165, 1.54) is 6.92 Å². The quantitative estimate of drug-likeness (QED) is 0.585. The van der Waals surface area contributed by atoms with Crippen LogP contribution in [0, 0.1) is 0 Å². The summed E-state index contributed by atoms with van der Waals surface area (Å²) in [5, 5.41) is 9.05. The van der Waals surface area contributed by atoms with Crippen molar-refractivity contribution in [1.82, 2.24) is 20.9 Å². The molecule has 7 heteroatoms. The smallest absolute Gasteiger partial charge is 0.261 e. The minimum absolute atomic E-state index is 0.257. The maximum absolute atomic E-state index is 12.2. The van der Waals surface area contributed by atoms with Gasteiger partial charge in [-0.15, -0.1) is 0 Å². The van der Waals surface area contributed by atoms with Gasteiger partial charge < -0.3 is 5.32 Å². The molecule has 0 aliphatic heterocycles. The highest BCUT2D eigenvalue weighted by Gasteiger charge is 2.19. The fraction of sp³-hybridized carbons (Fsp3) is 0.214. The molecule has 4 N–H and O–H groups in total. The van der Waals surface area contributed by atoms with Gasteiger partial charge in [-0.2, -0.15) is 5.10 Å². The second-order valence-electron chi connectivity index (χ2n) is 4.53. The van der Waals surface area contributed by atoms with Crippen molar-refractivity contribution in [2.75, 3.05) is 5.43 Å². The normalized spacial score (nSPS) is 11.5. The Hall–Kier alpha value is -2.83. The summed E-state index contributed by atoms with van der Waals surface area (Å²) in [4.78, 5) is 23.4. The third-order valence-electron chi connectivity index (χ3n) is 2.80. The number of hydrogen-bond acceptors (Lipinski definition) is 4. The maximum Gasteiger partial charge on any atom is 0.261 e. The van der Waals surface area contributed by atoms with Crippen molar-refractivity contribution < 1.29 is 9.59 Å². The molecule has 0 fully saturated rings. The number of aromatic nitrogens is 2. The molecule has 7 nitrogen and oxygen atoms in total. The zero-order valence-electron chi connectivity index (χ0n) is 11.6. The molecule has 2 rings (SSSR count). The summed E-state index contributed by atoms with van der Waals surface area (Å²) in [6, 6.07) is 10.5. The lowest BCUT2D eigenvalue weighted by Gasteiger charge is -2.18. The highest BCUT2D eigenvalue weighted by molar-refractivity contribution is 5.87. The van der Waals surface area contributed by atoms with E-state index >= 15 is 0 Å². The summed E-state index contributed by atoms with van der Waals surface area (Å²) in [6.07, 6.45) is 1.97. The third-order valence-corrected chi connectivity index (χ3v) is 2.80. The van der Waals surface area contributed by atoms with Crippen molar-refractivity contribution in [3.8, 4) is 0 Å². The van der Waals surface area contributed by atoms with Crippen LogP contribution in [-0.2, 0) is 16.0 Å². The monoisotopic (exact) mass is 287 g/mol. The lowest BCUT2D eigenvalue weighted by atomic mass is 10.1. The molecule has 1 unspecified atom stereocenters. The third kappa shape index (κ3) is 4.64. The molecule has 0 radical (unpaired) electrons. The molecule has 1 aromatic heterocycles. The number of aromatic amines is 1. The van der Waals surface area contributed by atoms with Crippen LogP contribution < -0.4 is 16.2 Å². The van der Waals surface area contributed by atoms with Gasteiger partial charge in [-0.1, -0.05) is 30.3 Å². The number of hydrazine groups is 1. The van der Waals surface area contributed by atoms with Crippen molar-refractivity contribution >= 4 is 17.6 Å². The van der Waals surface area contributed by atoms with E-state index in [0.717, 1.165) is 5.56 Å². The van der Waals surface area contributed by atoms with Gasteiger partial charge in [0, 0.05) is 19.4 Å². The van der Waals surface area contributed by atoms with Crippen LogP contribution in [0.3, 0.4) is 0 Å². The van der Waals surface area contributed by atoms with E-state index in [-0.39, 0.29) is 11.8 Å². The number of anilines is 1. The highest BCUT2D eigenvalue weighted by atomic mass is 16.2. The number of nitrogens with one attached hydrogen (secondary N) is 4. The van der Waals surface area contributed by atoms with Crippen molar-refractivity contribution in [3.05, 3.63) is 48.2 Å². The number of carbonyl (C=O) groups excluding carboxylic acids is 2. The first-order chi connectivity index (χ1) is 10.1. The van der Waals surface area contributed by atoms with Gasteiger partial charge in [0.25, 0.3) is 5.91 Å². The Kier molecular flexibility index (Phi) is 4.92. The predicted molar refractivity (Wildman–Crippen MR) is 78.1 cm³/mol. The van der Waals surface area contributed by atoms with E-state index in [1.54, 1.807) is 12.3 Å². The Bertz CT molecular complexity index is 583. The Labute approximate surface area is 122 Å². The van der Waals surface area contributed by atoms with Crippen molar-refractivity contribution in [1.29, 1.82) is 0 Å². The van der Waals surface area contributed by atoms with E-state index in [2.05, 4.69) is 26.4 Å². The number of hydrogen-bond donors (Lipinski definition) is 4. The van der Waals surface area contributed by atoms with Gasteiger partial charge >= 0.3 is 0 Å². The summed E-state index contributed by atoms with van der Waals surface area (Å²) >= 11 is 0. The van der Waals surface area contributed by atoms with Crippen LogP contribution in [0.25, 0.3) is 0 Å². The van der Waals surface area contributed by atoms with Gasteiger partial charge in [0.05, 0.1) is 6.20 Å². The Balaban J connectivity index is 1.97.